The predicted octanol–water partition coefficient (Wildman–Crippen LogP) is 0.356. The van der Waals surface area contributed by atoms with Crippen LogP contribution >= 0.6 is 0 Å². The van der Waals surface area contributed by atoms with Crippen molar-refractivity contribution in [3.63, 3.8) is 0 Å². The number of benzene rings is 1. The van der Waals surface area contributed by atoms with Crippen molar-refractivity contribution in [1.82, 2.24) is 10.6 Å². The van der Waals surface area contributed by atoms with E-state index in [9.17, 15) is 9.90 Å². The smallest absolute Gasteiger partial charge is 0.303 e. The number of phenolic OH excluding ortho intramolecular Hbond substituents is 2. The number of hydrazine groups is 1. The molecule has 7 nitrogen and oxygen atoms in total. The Morgan fingerprint density at radius 2 is 2.06 bits per heavy atom. The van der Waals surface area contributed by atoms with E-state index in [4.69, 9.17) is 15.5 Å². The van der Waals surface area contributed by atoms with E-state index in [1.165, 1.54) is 24.3 Å². The molecule has 5 N–H and O–H groups in total. The Bertz CT molecular complexity index is 564. The molecule has 0 spiro atoms. The van der Waals surface area contributed by atoms with Crippen molar-refractivity contribution >= 4 is 5.91 Å². The number of carbonyl (C=O) groups excluding carboxylic acids is 1. The van der Waals surface area contributed by atoms with Gasteiger partial charge in [-0.2, -0.15) is 0 Å². The number of nitrogens with two attached hydrogens (primary N) is 1. The maximum absolute atomic E-state index is 11.1. The van der Waals surface area contributed by atoms with Gasteiger partial charge in [0, 0.05) is 11.6 Å². The Hall–Kier alpha value is -2.54. The third-order valence-corrected chi connectivity index (χ3v) is 2.14. The summed E-state index contributed by atoms with van der Waals surface area (Å²) in [6, 6.07) is 5.50. The van der Waals surface area contributed by atoms with Gasteiger partial charge in [-0.1, -0.05) is 5.16 Å². The molecule has 0 bridgehead atoms. The number of aromatic hydroxyl groups is 2. The summed E-state index contributed by atoms with van der Waals surface area (Å²) in [7, 11) is 0. The SMILES string of the molecule is NNC(=O)c1cc(-c2ccc(O)c(O)c2)no1. The Labute approximate surface area is 95.4 Å². The second-order valence-electron chi connectivity index (χ2n) is 3.25. The van der Waals surface area contributed by atoms with Crippen molar-refractivity contribution in [3.05, 3.63) is 30.0 Å². The van der Waals surface area contributed by atoms with Crippen LogP contribution in [-0.2, 0) is 0 Å². The van der Waals surface area contributed by atoms with Gasteiger partial charge in [0.2, 0.25) is 5.76 Å². The summed E-state index contributed by atoms with van der Waals surface area (Å²) in [6.45, 7) is 0. The van der Waals surface area contributed by atoms with Crippen LogP contribution in [0, 0.1) is 0 Å². The van der Waals surface area contributed by atoms with Gasteiger partial charge in [0.05, 0.1) is 0 Å². The van der Waals surface area contributed by atoms with Crippen LogP contribution in [0.15, 0.2) is 28.8 Å². The average molecular weight is 235 g/mol. The molecule has 0 saturated carbocycles. The lowest BCUT2D eigenvalue weighted by atomic mass is 10.1. The molecule has 7 heteroatoms. The number of aromatic nitrogens is 1. The van der Waals surface area contributed by atoms with Gasteiger partial charge >= 0.3 is 5.91 Å². The quantitative estimate of drug-likeness (QED) is 0.258. The summed E-state index contributed by atoms with van der Waals surface area (Å²) in [4.78, 5) is 11.1. The molecule has 1 heterocycles. The van der Waals surface area contributed by atoms with E-state index in [2.05, 4.69) is 5.16 Å². The molecular formula is C10H9N3O4. The fraction of sp³-hybridized carbons (Fsp3) is 0. The number of rotatable bonds is 2. The van der Waals surface area contributed by atoms with E-state index in [1.54, 1.807) is 0 Å². The monoisotopic (exact) mass is 235 g/mol. The van der Waals surface area contributed by atoms with E-state index in [-0.39, 0.29) is 17.3 Å². The zero-order valence-corrected chi connectivity index (χ0v) is 8.54. The fourth-order valence-corrected chi connectivity index (χ4v) is 1.27. The molecule has 2 rings (SSSR count). The molecule has 1 aromatic heterocycles. The number of nitrogens with one attached hydrogen (secondary N) is 1. The van der Waals surface area contributed by atoms with Gasteiger partial charge in [0.25, 0.3) is 0 Å². The third-order valence-electron chi connectivity index (χ3n) is 2.14. The van der Waals surface area contributed by atoms with Crippen LogP contribution < -0.4 is 11.3 Å². The lowest BCUT2D eigenvalue weighted by Crippen LogP contribution is -2.29. The number of amides is 1. The Morgan fingerprint density at radius 3 is 2.71 bits per heavy atom. The molecule has 0 fully saturated rings. The van der Waals surface area contributed by atoms with Crippen LogP contribution in [0.5, 0.6) is 11.5 Å². The van der Waals surface area contributed by atoms with Crippen LogP contribution in [0.3, 0.4) is 0 Å². The zero-order chi connectivity index (χ0) is 12.4. The first-order valence-electron chi connectivity index (χ1n) is 4.62. The maximum atomic E-state index is 11.1. The van der Waals surface area contributed by atoms with Gasteiger partial charge in [0.1, 0.15) is 5.69 Å². The highest BCUT2D eigenvalue weighted by Crippen LogP contribution is 2.30. The van der Waals surface area contributed by atoms with Gasteiger partial charge in [-0.3, -0.25) is 10.2 Å². The molecule has 17 heavy (non-hydrogen) atoms. The average Bonchev–Trinajstić information content (AvgIpc) is 2.81. The lowest BCUT2D eigenvalue weighted by molar-refractivity contribution is 0.0917. The molecule has 0 saturated heterocycles. The standard InChI is InChI=1S/C10H9N3O4/c11-12-10(16)9-4-6(13-17-9)5-1-2-7(14)8(15)3-5/h1-4,14-15H,11H2,(H,12,16). The van der Waals surface area contributed by atoms with Crippen LogP contribution in [0.2, 0.25) is 0 Å². The summed E-state index contributed by atoms with van der Waals surface area (Å²) in [5.74, 6) is 3.76. The Kier molecular flexibility index (Phi) is 2.67. The van der Waals surface area contributed by atoms with Crippen LogP contribution in [-0.4, -0.2) is 21.3 Å². The molecule has 88 valence electrons. The minimum Gasteiger partial charge on any atom is -0.504 e. The molecule has 2 aromatic rings. The van der Waals surface area contributed by atoms with Crippen molar-refractivity contribution in [2.45, 2.75) is 0 Å². The highest BCUT2D eigenvalue weighted by Gasteiger charge is 2.13. The van der Waals surface area contributed by atoms with Crippen LogP contribution in [0.1, 0.15) is 10.6 Å². The second-order valence-corrected chi connectivity index (χ2v) is 3.25. The number of phenols is 2. The first-order chi connectivity index (χ1) is 8.11. The second kappa shape index (κ2) is 4.14. The zero-order valence-electron chi connectivity index (χ0n) is 8.54. The molecule has 0 radical (unpaired) electrons. The first kappa shape index (κ1) is 11.0. The number of carbonyl (C=O) groups is 1. The van der Waals surface area contributed by atoms with Crippen molar-refractivity contribution in [2.24, 2.45) is 5.84 Å². The molecule has 0 atom stereocenters. The number of hydrogen-bond acceptors (Lipinski definition) is 6. The fourth-order valence-electron chi connectivity index (χ4n) is 1.27. The minimum atomic E-state index is -0.605. The van der Waals surface area contributed by atoms with Crippen molar-refractivity contribution in [2.75, 3.05) is 0 Å². The van der Waals surface area contributed by atoms with E-state index >= 15 is 0 Å². The lowest BCUT2D eigenvalue weighted by Gasteiger charge is -1.98. The predicted molar refractivity (Wildman–Crippen MR) is 56.9 cm³/mol. The highest BCUT2D eigenvalue weighted by atomic mass is 16.5. The normalized spacial score (nSPS) is 10.2. The van der Waals surface area contributed by atoms with Crippen molar-refractivity contribution < 1.29 is 19.5 Å². The molecular weight excluding hydrogens is 226 g/mol. The first-order valence-corrected chi connectivity index (χ1v) is 4.62. The Balaban J connectivity index is 2.37. The topological polar surface area (TPSA) is 122 Å². The van der Waals surface area contributed by atoms with E-state index < -0.39 is 5.91 Å². The van der Waals surface area contributed by atoms with Gasteiger partial charge < -0.3 is 14.7 Å². The third kappa shape index (κ3) is 2.04. The minimum absolute atomic E-state index is 0.0462. The maximum Gasteiger partial charge on any atom is 0.303 e. The largest absolute Gasteiger partial charge is 0.504 e. The molecule has 1 aromatic carbocycles. The van der Waals surface area contributed by atoms with Crippen molar-refractivity contribution in [1.29, 1.82) is 0 Å². The van der Waals surface area contributed by atoms with Gasteiger partial charge in [-0.15, -0.1) is 0 Å². The van der Waals surface area contributed by atoms with E-state index in [0.29, 0.717) is 11.3 Å². The summed E-state index contributed by atoms with van der Waals surface area (Å²) in [5.41, 5.74) is 2.75. The van der Waals surface area contributed by atoms with Gasteiger partial charge in [-0.05, 0) is 18.2 Å². The van der Waals surface area contributed by atoms with Crippen LogP contribution in [0.4, 0.5) is 0 Å². The van der Waals surface area contributed by atoms with E-state index in [0.717, 1.165) is 0 Å². The number of nitrogen functional groups attached to an aromatic ring is 1. The van der Waals surface area contributed by atoms with Crippen molar-refractivity contribution in [3.8, 4) is 22.8 Å². The summed E-state index contributed by atoms with van der Waals surface area (Å²) in [5, 5.41) is 22.1. The Morgan fingerprint density at radius 1 is 1.29 bits per heavy atom. The molecule has 1 amide bonds. The molecule has 0 aliphatic carbocycles. The summed E-state index contributed by atoms with van der Waals surface area (Å²) >= 11 is 0. The van der Waals surface area contributed by atoms with Crippen LogP contribution in [0.25, 0.3) is 11.3 Å². The molecule has 0 unspecified atom stereocenters. The summed E-state index contributed by atoms with van der Waals surface area (Å²) < 4.78 is 4.76. The van der Waals surface area contributed by atoms with Gasteiger partial charge in [-0.25, -0.2) is 5.84 Å². The number of hydrogen-bond donors (Lipinski definition) is 4. The molecule has 0 aliphatic heterocycles. The highest BCUT2D eigenvalue weighted by molar-refractivity contribution is 5.91. The number of nitrogens with zero attached hydrogens (tertiary/aromatic N) is 1. The summed E-state index contributed by atoms with van der Waals surface area (Å²) in [6.07, 6.45) is 0. The van der Waals surface area contributed by atoms with Gasteiger partial charge in [0.15, 0.2) is 11.5 Å². The van der Waals surface area contributed by atoms with E-state index in [1.807, 2.05) is 5.43 Å². The molecule has 0 aliphatic rings.